The molecule has 146 valence electrons. The van der Waals surface area contributed by atoms with Crippen LogP contribution in [0.3, 0.4) is 0 Å². The van der Waals surface area contributed by atoms with E-state index in [1.807, 2.05) is 16.5 Å². The molecule has 7 nitrogen and oxygen atoms in total. The maximum atomic E-state index is 14.4. The SMILES string of the molecule is COc1ncccc1-c1cnc(CCc2c(F)ccc3c2CCO3)n2cnnc12. The summed E-state index contributed by atoms with van der Waals surface area (Å²) in [6.07, 6.45) is 6.84. The van der Waals surface area contributed by atoms with E-state index >= 15 is 0 Å². The topological polar surface area (TPSA) is 74.4 Å². The number of aromatic nitrogens is 5. The molecule has 1 aliphatic rings. The number of ether oxygens (including phenoxy) is 2. The van der Waals surface area contributed by atoms with E-state index in [0.717, 1.165) is 34.7 Å². The van der Waals surface area contributed by atoms with Gasteiger partial charge < -0.3 is 9.47 Å². The molecule has 0 fully saturated rings. The van der Waals surface area contributed by atoms with Gasteiger partial charge in [-0.15, -0.1) is 10.2 Å². The van der Waals surface area contributed by atoms with Gasteiger partial charge in [-0.2, -0.15) is 0 Å². The second kappa shape index (κ2) is 7.12. The summed E-state index contributed by atoms with van der Waals surface area (Å²) in [5.41, 5.74) is 3.87. The molecule has 4 aromatic rings. The zero-order valence-electron chi connectivity index (χ0n) is 15.8. The molecule has 0 saturated heterocycles. The largest absolute Gasteiger partial charge is 0.493 e. The van der Waals surface area contributed by atoms with Crippen LogP contribution in [-0.4, -0.2) is 38.3 Å². The first-order chi connectivity index (χ1) is 14.3. The summed E-state index contributed by atoms with van der Waals surface area (Å²) >= 11 is 0. The number of fused-ring (bicyclic) bond motifs is 2. The van der Waals surface area contributed by atoms with Crippen LogP contribution in [-0.2, 0) is 19.3 Å². The molecule has 0 bridgehead atoms. The van der Waals surface area contributed by atoms with Crippen molar-refractivity contribution in [3.05, 3.63) is 65.8 Å². The molecule has 0 N–H and O–H groups in total. The number of hydrogen-bond acceptors (Lipinski definition) is 6. The maximum absolute atomic E-state index is 14.4. The lowest BCUT2D eigenvalue weighted by Gasteiger charge is -2.11. The second-order valence-corrected chi connectivity index (χ2v) is 6.77. The highest BCUT2D eigenvalue weighted by molar-refractivity contribution is 5.79. The number of pyridine rings is 1. The lowest BCUT2D eigenvalue weighted by atomic mass is 10.00. The molecule has 3 aromatic heterocycles. The summed E-state index contributed by atoms with van der Waals surface area (Å²) in [5, 5.41) is 8.31. The second-order valence-electron chi connectivity index (χ2n) is 6.77. The number of benzene rings is 1. The zero-order valence-corrected chi connectivity index (χ0v) is 15.8. The quantitative estimate of drug-likeness (QED) is 0.521. The zero-order chi connectivity index (χ0) is 19.8. The van der Waals surface area contributed by atoms with Crippen LogP contribution in [0.2, 0.25) is 0 Å². The van der Waals surface area contributed by atoms with Crippen molar-refractivity contribution in [3.8, 4) is 22.8 Å². The lowest BCUT2D eigenvalue weighted by molar-refractivity contribution is 0.356. The fraction of sp³-hybridized carbons (Fsp3) is 0.238. The fourth-order valence-corrected chi connectivity index (χ4v) is 3.82. The predicted molar refractivity (Wildman–Crippen MR) is 104 cm³/mol. The van der Waals surface area contributed by atoms with Crippen molar-refractivity contribution < 1.29 is 13.9 Å². The van der Waals surface area contributed by atoms with Crippen LogP contribution in [0.4, 0.5) is 4.39 Å². The monoisotopic (exact) mass is 391 g/mol. The van der Waals surface area contributed by atoms with Crippen LogP contribution in [0.1, 0.15) is 17.0 Å². The van der Waals surface area contributed by atoms with E-state index in [4.69, 9.17) is 9.47 Å². The van der Waals surface area contributed by atoms with Gasteiger partial charge in [0.15, 0.2) is 5.65 Å². The summed E-state index contributed by atoms with van der Waals surface area (Å²) in [4.78, 5) is 8.86. The molecule has 5 rings (SSSR count). The molecule has 0 atom stereocenters. The third-order valence-corrected chi connectivity index (χ3v) is 5.20. The average molecular weight is 391 g/mol. The summed E-state index contributed by atoms with van der Waals surface area (Å²) < 4.78 is 27.2. The van der Waals surface area contributed by atoms with Crippen molar-refractivity contribution in [2.24, 2.45) is 0 Å². The third-order valence-electron chi connectivity index (χ3n) is 5.20. The van der Waals surface area contributed by atoms with Crippen molar-refractivity contribution in [1.82, 2.24) is 24.6 Å². The van der Waals surface area contributed by atoms with Gasteiger partial charge in [0.1, 0.15) is 23.7 Å². The number of hydrogen-bond donors (Lipinski definition) is 0. The molecule has 0 unspecified atom stereocenters. The predicted octanol–water partition coefficient (Wildman–Crippen LogP) is 3.05. The van der Waals surface area contributed by atoms with Gasteiger partial charge in [-0.25, -0.2) is 14.4 Å². The number of rotatable bonds is 5. The third kappa shape index (κ3) is 2.97. The van der Waals surface area contributed by atoms with Gasteiger partial charge in [0.25, 0.3) is 0 Å². The van der Waals surface area contributed by atoms with E-state index in [1.54, 1.807) is 31.9 Å². The Morgan fingerprint density at radius 3 is 3.00 bits per heavy atom. The first-order valence-electron chi connectivity index (χ1n) is 9.36. The van der Waals surface area contributed by atoms with Gasteiger partial charge in [0, 0.05) is 36.4 Å². The highest BCUT2D eigenvalue weighted by atomic mass is 19.1. The Kier molecular flexibility index (Phi) is 4.31. The lowest BCUT2D eigenvalue weighted by Crippen LogP contribution is -2.06. The Bertz CT molecular complexity index is 1210. The molecule has 0 aliphatic carbocycles. The fourth-order valence-electron chi connectivity index (χ4n) is 3.82. The van der Waals surface area contributed by atoms with Gasteiger partial charge in [0.05, 0.1) is 19.3 Å². The van der Waals surface area contributed by atoms with E-state index in [-0.39, 0.29) is 5.82 Å². The van der Waals surface area contributed by atoms with Crippen LogP contribution >= 0.6 is 0 Å². The molecule has 0 saturated carbocycles. The van der Waals surface area contributed by atoms with Crippen LogP contribution in [0, 0.1) is 5.82 Å². The molecule has 29 heavy (non-hydrogen) atoms. The van der Waals surface area contributed by atoms with Gasteiger partial charge in [-0.1, -0.05) is 0 Å². The normalized spacial score (nSPS) is 12.8. The van der Waals surface area contributed by atoms with Gasteiger partial charge in [0.2, 0.25) is 5.88 Å². The molecule has 1 aromatic carbocycles. The van der Waals surface area contributed by atoms with Gasteiger partial charge >= 0.3 is 0 Å². The van der Waals surface area contributed by atoms with Crippen LogP contribution in [0.5, 0.6) is 11.6 Å². The Labute approximate surface area is 166 Å². The number of aryl methyl sites for hydroxylation is 1. The first-order valence-corrected chi connectivity index (χ1v) is 9.36. The van der Waals surface area contributed by atoms with Crippen LogP contribution in [0.25, 0.3) is 16.8 Å². The summed E-state index contributed by atoms with van der Waals surface area (Å²) in [6.45, 7) is 0.599. The molecular formula is C21H18FN5O2. The van der Waals surface area contributed by atoms with E-state index in [9.17, 15) is 4.39 Å². The number of halogens is 1. The van der Waals surface area contributed by atoms with Crippen LogP contribution < -0.4 is 9.47 Å². The Balaban J connectivity index is 1.51. The Hall–Kier alpha value is -3.55. The molecule has 0 radical (unpaired) electrons. The maximum Gasteiger partial charge on any atom is 0.221 e. The molecule has 1 aliphatic heterocycles. The molecule has 0 amide bonds. The van der Waals surface area contributed by atoms with Crippen molar-refractivity contribution in [3.63, 3.8) is 0 Å². The van der Waals surface area contributed by atoms with Crippen molar-refractivity contribution in [1.29, 1.82) is 0 Å². The van der Waals surface area contributed by atoms with Gasteiger partial charge in [-0.05, 0) is 36.2 Å². The average Bonchev–Trinajstić information content (AvgIpc) is 3.43. The summed E-state index contributed by atoms with van der Waals surface area (Å²) in [5.74, 6) is 1.83. The summed E-state index contributed by atoms with van der Waals surface area (Å²) in [7, 11) is 1.57. The first kappa shape index (κ1) is 17.5. The van der Waals surface area contributed by atoms with E-state index < -0.39 is 0 Å². The number of methoxy groups -OCH3 is 1. The smallest absolute Gasteiger partial charge is 0.221 e. The molecule has 8 heteroatoms. The highest BCUT2D eigenvalue weighted by Gasteiger charge is 2.20. The highest BCUT2D eigenvalue weighted by Crippen LogP contribution is 2.32. The molecular weight excluding hydrogens is 373 g/mol. The van der Waals surface area contributed by atoms with Crippen LogP contribution in [0.15, 0.2) is 43.0 Å². The van der Waals surface area contributed by atoms with Crippen molar-refractivity contribution in [2.45, 2.75) is 19.3 Å². The van der Waals surface area contributed by atoms with Crippen molar-refractivity contribution >= 4 is 5.65 Å². The minimum absolute atomic E-state index is 0.203. The number of nitrogens with zero attached hydrogens (tertiary/aromatic N) is 5. The van der Waals surface area contributed by atoms with E-state index in [1.165, 1.54) is 6.07 Å². The Morgan fingerprint density at radius 1 is 1.17 bits per heavy atom. The Morgan fingerprint density at radius 2 is 2.10 bits per heavy atom. The standard InChI is InChI=1S/C21H18FN5O2/c1-28-21-15(3-2-9-23-21)16-11-24-19(27-12-25-26-20(16)27)7-4-13-14-8-10-29-18(14)6-5-17(13)22/h2-3,5-6,9,11-12H,4,7-8,10H2,1H3. The van der Waals surface area contributed by atoms with E-state index in [0.29, 0.717) is 36.5 Å². The molecule has 0 spiro atoms. The minimum atomic E-state index is -0.203. The van der Waals surface area contributed by atoms with Gasteiger partial charge in [-0.3, -0.25) is 4.40 Å². The molecule has 4 heterocycles. The summed E-state index contributed by atoms with van der Waals surface area (Å²) in [6, 6.07) is 6.91. The van der Waals surface area contributed by atoms with Crippen molar-refractivity contribution in [2.75, 3.05) is 13.7 Å². The van der Waals surface area contributed by atoms with E-state index in [2.05, 4.69) is 20.2 Å². The minimum Gasteiger partial charge on any atom is -0.493 e.